The number of nitrogens with zero attached hydrogens (tertiary/aromatic N) is 1. The van der Waals surface area contributed by atoms with Crippen LogP contribution in [-0.4, -0.2) is 23.4 Å². The summed E-state index contributed by atoms with van der Waals surface area (Å²) in [6.45, 7) is 4.16. The molecule has 5 nitrogen and oxygen atoms in total. The number of allylic oxidation sites excluding steroid dienone is 1. The SMILES string of the molecule is CCN1C(=O)NC2C(=C1C)C(=O)Nc1cccc(Cl)c12. The molecular formula is C14H14ClN3O2. The van der Waals surface area contributed by atoms with E-state index in [0.29, 0.717) is 28.5 Å². The molecule has 0 saturated carbocycles. The van der Waals surface area contributed by atoms with Gasteiger partial charge in [0.15, 0.2) is 0 Å². The number of hydrogen-bond acceptors (Lipinski definition) is 2. The highest BCUT2D eigenvalue weighted by molar-refractivity contribution is 6.32. The van der Waals surface area contributed by atoms with Crippen molar-refractivity contribution < 1.29 is 9.59 Å². The average Bonchev–Trinajstić information content (AvgIpc) is 2.38. The maximum absolute atomic E-state index is 12.3. The van der Waals surface area contributed by atoms with Crippen molar-refractivity contribution in [3.63, 3.8) is 0 Å². The summed E-state index contributed by atoms with van der Waals surface area (Å²) in [5, 5.41) is 6.22. The van der Waals surface area contributed by atoms with Crippen LogP contribution >= 0.6 is 11.6 Å². The van der Waals surface area contributed by atoms with Crippen molar-refractivity contribution >= 4 is 29.2 Å². The van der Waals surface area contributed by atoms with Gasteiger partial charge < -0.3 is 10.6 Å². The number of nitrogens with one attached hydrogen (secondary N) is 2. The van der Waals surface area contributed by atoms with Gasteiger partial charge in [0.2, 0.25) is 0 Å². The molecule has 0 bridgehead atoms. The Labute approximate surface area is 121 Å². The lowest BCUT2D eigenvalue weighted by molar-refractivity contribution is -0.113. The molecule has 1 aromatic carbocycles. The van der Waals surface area contributed by atoms with Gasteiger partial charge in [0.25, 0.3) is 5.91 Å². The van der Waals surface area contributed by atoms with Crippen LogP contribution in [0.15, 0.2) is 29.5 Å². The highest BCUT2D eigenvalue weighted by atomic mass is 35.5. The van der Waals surface area contributed by atoms with E-state index in [2.05, 4.69) is 10.6 Å². The average molecular weight is 292 g/mol. The van der Waals surface area contributed by atoms with Crippen LogP contribution < -0.4 is 10.6 Å². The van der Waals surface area contributed by atoms with E-state index in [-0.39, 0.29) is 11.9 Å². The van der Waals surface area contributed by atoms with Gasteiger partial charge in [0.1, 0.15) is 0 Å². The van der Waals surface area contributed by atoms with Gasteiger partial charge in [-0.05, 0) is 26.0 Å². The Balaban J connectivity index is 2.22. The molecule has 104 valence electrons. The van der Waals surface area contributed by atoms with Crippen LogP contribution in [0.3, 0.4) is 0 Å². The third kappa shape index (κ3) is 1.70. The van der Waals surface area contributed by atoms with Crippen molar-refractivity contribution in [2.24, 2.45) is 0 Å². The molecule has 0 spiro atoms. The second-order valence-corrected chi connectivity index (χ2v) is 5.19. The van der Waals surface area contributed by atoms with Crippen molar-refractivity contribution in [1.82, 2.24) is 10.2 Å². The fraction of sp³-hybridized carbons (Fsp3) is 0.286. The molecule has 20 heavy (non-hydrogen) atoms. The zero-order valence-corrected chi connectivity index (χ0v) is 11.9. The van der Waals surface area contributed by atoms with E-state index in [0.717, 1.165) is 5.56 Å². The van der Waals surface area contributed by atoms with Crippen LogP contribution in [0.2, 0.25) is 5.02 Å². The monoisotopic (exact) mass is 291 g/mol. The number of carbonyl (C=O) groups excluding carboxylic acids is 2. The predicted octanol–water partition coefficient (Wildman–Crippen LogP) is 2.65. The number of amides is 3. The first-order valence-electron chi connectivity index (χ1n) is 6.43. The molecule has 1 aromatic rings. The summed E-state index contributed by atoms with van der Waals surface area (Å²) in [6, 6.07) is 4.61. The highest BCUT2D eigenvalue weighted by Crippen LogP contribution is 2.41. The molecule has 0 fully saturated rings. The normalized spacial score (nSPS) is 21.1. The minimum absolute atomic E-state index is 0.194. The lowest BCUT2D eigenvalue weighted by atomic mass is 9.89. The molecule has 3 rings (SSSR count). The molecule has 2 N–H and O–H groups in total. The number of carbonyl (C=O) groups is 2. The maximum atomic E-state index is 12.3. The Morgan fingerprint density at radius 3 is 2.80 bits per heavy atom. The highest BCUT2D eigenvalue weighted by Gasteiger charge is 2.40. The first-order valence-corrected chi connectivity index (χ1v) is 6.81. The zero-order chi connectivity index (χ0) is 14.4. The minimum atomic E-state index is -0.484. The zero-order valence-electron chi connectivity index (χ0n) is 11.2. The fourth-order valence-corrected chi connectivity index (χ4v) is 3.09. The van der Waals surface area contributed by atoms with Crippen molar-refractivity contribution in [2.75, 3.05) is 11.9 Å². The van der Waals surface area contributed by atoms with E-state index in [1.165, 1.54) is 0 Å². The Kier molecular flexibility index (Phi) is 2.94. The van der Waals surface area contributed by atoms with Gasteiger partial charge in [0.05, 0.1) is 11.6 Å². The number of halogens is 1. The van der Waals surface area contributed by atoms with Crippen LogP contribution in [0.5, 0.6) is 0 Å². The van der Waals surface area contributed by atoms with Crippen LogP contribution in [0, 0.1) is 0 Å². The number of benzene rings is 1. The lowest BCUT2D eigenvalue weighted by Crippen LogP contribution is -2.50. The minimum Gasteiger partial charge on any atom is -0.326 e. The van der Waals surface area contributed by atoms with E-state index in [1.807, 2.05) is 6.92 Å². The van der Waals surface area contributed by atoms with E-state index in [9.17, 15) is 9.59 Å². The largest absolute Gasteiger partial charge is 0.326 e. The quantitative estimate of drug-likeness (QED) is 0.835. The Bertz CT molecular complexity index is 654. The van der Waals surface area contributed by atoms with E-state index >= 15 is 0 Å². The van der Waals surface area contributed by atoms with Gasteiger partial charge in [-0.2, -0.15) is 0 Å². The Morgan fingerprint density at radius 1 is 1.35 bits per heavy atom. The molecule has 1 unspecified atom stereocenters. The van der Waals surface area contributed by atoms with Gasteiger partial charge in [-0.15, -0.1) is 0 Å². The van der Waals surface area contributed by atoms with Gasteiger partial charge in [-0.3, -0.25) is 9.69 Å². The van der Waals surface area contributed by atoms with Crippen LogP contribution in [0.1, 0.15) is 25.5 Å². The van der Waals surface area contributed by atoms with Gasteiger partial charge in [0, 0.05) is 28.5 Å². The molecule has 2 aliphatic heterocycles. The molecule has 6 heteroatoms. The molecule has 3 amide bonds. The summed E-state index contributed by atoms with van der Waals surface area (Å²) in [7, 11) is 0. The summed E-state index contributed by atoms with van der Waals surface area (Å²) in [6.07, 6.45) is 0. The van der Waals surface area contributed by atoms with E-state index < -0.39 is 6.04 Å². The summed E-state index contributed by atoms with van der Waals surface area (Å²) in [4.78, 5) is 26.0. The standard InChI is InChI=1S/C14H14ClN3O2/c1-3-18-7(2)10-12(17-14(18)20)11-8(15)5-4-6-9(11)16-13(10)19/h4-6,12H,3H2,1-2H3,(H,16,19)(H,17,20). The fourth-order valence-electron chi connectivity index (χ4n) is 2.80. The van der Waals surface area contributed by atoms with Crippen molar-refractivity contribution in [2.45, 2.75) is 19.9 Å². The number of urea groups is 1. The Morgan fingerprint density at radius 2 is 2.10 bits per heavy atom. The van der Waals surface area contributed by atoms with Crippen LogP contribution in [0.4, 0.5) is 10.5 Å². The summed E-state index contributed by atoms with van der Waals surface area (Å²) in [5.74, 6) is -0.194. The lowest BCUT2D eigenvalue weighted by Gasteiger charge is -2.38. The molecule has 0 saturated heterocycles. The van der Waals surface area contributed by atoms with Crippen LogP contribution in [0.25, 0.3) is 0 Å². The molecule has 0 radical (unpaired) electrons. The summed E-state index contributed by atoms with van der Waals surface area (Å²) in [5.41, 5.74) is 2.61. The smallest absolute Gasteiger partial charge is 0.322 e. The topological polar surface area (TPSA) is 61.4 Å². The van der Waals surface area contributed by atoms with Crippen molar-refractivity contribution in [3.05, 3.63) is 40.1 Å². The molecular weight excluding hydrogens is 278 g/mol. The van der Waals surface area contributed by atoms with Crippen molar-refractivity contribution in [3.8, 4) is 0 Å². The second-order valence-electron chi connectivity index (χ2n) is 4.78. The molecule has 2 aliphatic rings. The molecule has 2 heterocycles. The number of fused-ring (bicyclic) bond motifs is 3. The van der Waals surface area contributed by atoms with Gasteiger partial charge in [-0.25, -0.2) is 4.79 Å². The number of hydrogen-bond donors (Lipinski definition) is 2. The van der Waals surface area contributed by atoms with Crippen LogP contribution in [-0.2, 0) is 4.79 Å². The second kappa shape index (κ2) is 4.52. The van der Waals surface area contributed by atoms with Gasteiger partial charge in [-0.1, -0.05) is 17.7 Å². The number of rotatable bonds is 1. The molecule has 1 atom stereocenters. The molecule has 0 aliphatic carbocycles. The Hall–Kier alpha value is -2.01. The molecule has 0 aromatic heterocycles. The first kappa shape index (κ1) is 13.0. The number of anilines is 1. The van der Waals surface area contributed by atoms with E-state index in [4.69, 9.17) is 11.6 Å². The maximum Gasteiger partial charge on any atom is 0.322 e. The predicted molar refractivity (Wildman–Crippen MR) is 76.4 cm³/mol. The summed E-state index contributed by atoms with van der Waals surface area (Å²) >= 11 is 6.24. The van der Waals surface area contributed by atoms with E-state index in [1.54, 1.807) is 30.0 Å². The third-order valence-corrected chi connectivity index (χ3v) is 4.08. The summed E-state index contributed by atoms with van der Waals surface area (Å²) < 4.78 is 0. The van der Waals surface area contributed by atoms with Gasteiger partial charge >= 0.3 is 6.03 Å². The third-order valence-electron chi connectivity index (χ3n) is 3.75. The van der Waals surface area contributed by atoms with Crippen molar-refractivity contribution in [1.29, 1.82) is 0 Å². The first-order chi connectivity index (χ1) is 9.54.